The summed E-state index contributed by atoms with van der Waals surface area (Å²) >= 11 is 5.65. The van der Waals surface area contributed by atoms with E-state index in [4.69, 9.17) is 11.6 Å². The van der Waals surface area contributed by atoms with E-state index in [1.807, 2.05) is 19.0 Å². The highest BCUT2D eigenvalue weighted by atomic mass is 35.5. The van der Waals surface area contributed by atoms with Crippen molar-refractivity contribution in [2.24, 2.45) is 0 Å². The topological polar surface area (TPSA) is 74.3 Å². The Bertz CT molecular complexity index is 420. The van der Waals surface area contributed by atoms with Gasteiger partial charge in [-0.3, -0.25) is 9.59 Å². The van der Waals surface area contributed by atoms with Crippen molar-refractivity contribution in [1.82, 2.24) is 15.2 Å². The van der Waals surface area contributed by atoms with E-state index in [-0.39, 0.29) is 5.82 Å². The second-order valence-corrected chi connectivity index (χ2v) is 4.31. The Balaban J connectivity index is 2.40. The van der Waals surface area contributed by atoms with Crippen molar-refractivity contribution < 1.29 is 9.59 Å². The molecule has 0 spiro atoms. The summed E-state index contributed by atoms with van der Waals surface area (Å²) in [5, 5.41) is 5.33. The van der Waals surface area contributed by atoms with E-state index >= 15 is 0 Å². The average Bonchev–Trinajstić information content (AvgIpc) is 2.31. The fraction of sp³-hybridized carbons (Fsp3) is 0.364. The van der Waals surface area contributed by atoms with Crippen molar-refractivity contribution in [3.63, 3.8) is 0 Å². The molecule has 98 valence electrons. The molecular weight excluding hydrogens is 256 g/mol. The third-order valence-electron chi connectivity index (χ3n) is 2.02. The number of amides is 2. The lowest BCUT2D eigenvalue weighted by molar-refractivity contribution is -0.136. The molecule has 0 aliphatic heterocycles. The molecule has 2 amide bonds. The van der Waals surface area contributed by atoms with E-state index < -0.39 is 11.8 Å². The van der Waals surface area contributed by atoms with Crippen LogP contribution in [-0.4, -0.2) is 48.9 Å². The first-order chi connectivity index (χ1) is 8.49. The summed E-state index contributed by atoms with van der Waals surface area (Å²) < 4.78 is 0. The molecule has 0 aliphatic rings. The number of aromatic nitrogens is 1. The number of halogens is 1. The Morgan fingerprint density at radius 3 is 2.61 bits per heavy atom. The van der Waals surface area contributed by atoms with E-state index in [2.05, 4.69) is 15.6 Å². The van der Waals surface area contributed by atoms with Crippen LogP contribution in [0.5, 0.6) is 0 Å². The predicted molar refractivity (Wildman–Crippen MR) is 69.4 cm³/mol. The average molecular weight is 271 g/mol. The zero-order valence-electron chi connectivity index (χ0n) is 10.2. The molecule has 0 aromatic carbocycles. The lowest BCUT2D eigenvalue weighted by Gasteiger charge is -2.10. The predicted octanol–water partition coefficient (Wildman–Crippen LogP) is 0.351. The molecule has 0 aliphatic carbocycles. The summed E-state index contributed by atoms with van der Waals surface area (Å²) in [6.07, 6.45) is 1.39. The maximum absolute atomic E-state index is 11.5. The van der Waals surface area contributed by atoms with Crippen LogP contribution in [0.2, 0.25) is 5.02 Å². The Morgan fingerprint density at radius 2 is 2.06 bits per heavy atom. The van der Waals surface area contributed by atoms with Gasteiger partial charge >= 0.3 is 11.8 Å². The Morgan fingerprint density at radius 1 is 1.33 bits per heavy atom. The van der Waals surface area contributed by atoms with Gasteiger partial charge in [-0.25, -0.2) is 4.98 Å². The second kappa shape index (κ2) is 6.93. The van der Waals surface area contributed by atoms with Crippen molar-refractivity contribution in [1.29, 1.82) is 0 Å². The summed E-state index contributed by atoms with van der Waals surface area (Å²) in [5.41, 5.74) is 0. The number of nitrogens with zero attached hydrogens (tertiary/aromatic N) is 2. The minimum atomic E-state index is -0.747. The Hall–Kier alpha value is -1.66. The van der Waals surface area contributed by atoms with Crippen LogP contribution < -0.4 is 10.6 Å². The number of hydrogen-bond donors (Lipinski definition) is 2. The highest BCUT2D eigenvalue weighted by Gasteiger charge is 2.13. The molecule has 1 heterocycles. The number of carbonyl (C=O) groups excluding carboxylic acids is 2. The summed E-state index contributed by atoms with van der Waals surface area (Å²) in [6.45, 7) is 1.07. The number of anilines is 1. The number of hydrogen-bond acceptors (Lipinski definition) is 4. The van der Waals surface area contributed by atoms with Gasteiger partial charge in [-0.15, -0.1) is 0 Å². The first-order valence-corrected chi connectivity index (χ1v) is 5.72. The number of pyridine rings is 1. The van der Waals surface area contributed by atoms with Gasteiger partial charge in [0.15, 0.2) is 0 Å². The molecule has 0 unspecified atom stereocenters. The maximum atomic E-state index is 11.5. The van der Waals surface area contributed by atoms with Crippen molar-refractivity contribution in [2.75, 3.05) is 32.5 Å². The monoisotopic (exact) mass is 270 g/mol. The van der Waals surface area contributed by atoms with Gasteiger partial charge in [-0.05, 0) is 26.2 Å². The minimum absolute atomic E-state index is 0.284. The van der Waals surface area contributed by atoms with E-state index in [9.17, 15) is 9.59 Å². The molecule has 2 N–H and O–H groups in total. The van der Waals surface area contributed by atoms with Crippen LogP contribution in [0.3, 0.4) is 0 Å². The third kappa shape index (κ3) is 5.11. The number of likely N-dealkylation sites (N-methyl/N-ethyl adjacent to an activating group) is 1. The lowest BCUT2D eigenvalue weighted by atomic mass is 10.4. The van der Waals surface area contributed by atoms with Crippen molar-refractivity contribution in [2.45, 2.75) is 0 Å². The summed E-state index contributed by atoms with van der Waals surface area (Å²) in [6, 6.07) is 3.10. The van der Waals surface area contributed by atoms with Crippen LogP contribution >= 0.6 is 11.6 Å². The van der Waals surface area contributed by atoms with Gasteiger partial charge < -0.3 is 15.5 Å². The quantitative estimate of drug-likeness (QED) is 0.775. The van der Waals surface area contributed by atoms with E-state index in [0.29, 0.717) is 18.1 Å². The molecule has 0 saturated carbocycles. The number of carbonyl (C=O) groups is 2. The molecule has 0 radical (unpaired) electrons. The van der Waals surface area contributed by atoms with Gasteiger partial charge in [0.05, 0.1) is 5.02 Å². The largest absolute Gasteiger partial charge is 0.347 e. The molecule has 0 fully saturated rings. The molecule has 0 bridgehead atoms. The van der Waals surface area contributed by atoms with Crippen LogP contribution in [0.25, 0.3) is 0 Å². The molecule has 1 aromatic heterocycles. The third-order valence-corrected chi connectivity index (χ3v) is 2.24. The number of nitrogens with one attached hydrogen (secondary N) is 2. The van der Waals surface area contributed by atoms with Gasteiger partial charge in [0.1, 0.15) is 5.82 Å². The van der Waals surface area contributed by atoms with Crippen molar-refractivity contribution >= 4 is 29.2 Å². The highest BCUT2D eigenvalue weighted by molar-refractivity contribution is 6.39. The fourth-order valence-electron chi connectivity index (χ4n) is 1.10. The van der Waals surface area contributed by atoms with Crippen molar-refractivity contribution in [3.05, 3.63) is 23.4 Å². The van der Waals surface area contributed by atoms with Gasteiger partial charge in [0.25, 0.3) is 0 Å². The highest BCUT2D eigenvalue weighted by Crippen LogP contribution is 2.09. The van der Waals surface area contributed by atoms with Crippen LogP contribution in [0.4, 0.5) is 5.82 Å². The molecule has 0 atom stereocenters. The molecule has 0 saturated heterocycles. The summed E-state index contributed by atoms with van der Waals surface area (Å²) in [4.78, 5) is 28.6. The van der Waals surface area contributed by atoms with Crippen LogP contribution in [0.15, 0.2) is 18.3 Å². The van der Waals surface area contributed by atoms with Gasteiger partial charge in [0.2, 0.25) is 0 Å². The second-order valence-electron chi connectivity index (χ2n) is 3.87. The van der Waals surface area contributed by atoms with Gasteiger partial charge in [-0.1, -0.05) is 11.6 Å². The van der Waals surface area contributed by atoms with Crippen molar-refractivity contribution in [3.8, 4) is 0 Å². The summed E-state index contributed by atoms with van der Waals surface area (Å²) in [7, 11) is 3.76. The zero-order valence-corrected chi connectivity index (χ0v) is 11.0. The first kappa shape index (κ1) is 14.4. The van der Waals surface area contributed by atoms with Crippen LogP contribution in [0, 0.1) is 0 Å². The van der Waals surface area contributed by atoms with E-state index in [1.54, 1.807) is 6.07 Å². The fourth-order valence-corrected chi connectivity index (χ4v) is 1.21. The number of rotatable bonds is 4. The van der Waals surface area contributed by atoms with E-state index in [0.717, 1.165) is 0 Å². The lowest BCUT2D eigenvalue weighted by Crippen LogP contribution is -2.38. The molecule has 6 nitrogen and oxygen atoms in total. The van der Waals surface area contributed by atoms with Crippen LogP contribution in [0.1, 0.15) is 0 Å². The molecule has 1 aromatic rings. The first-order valence-electron chi connectivity index (χ1n) is 5.34. The Kier molecular flexibility index (Phi) is 5.54. The minimum Gasteiger partial charge on any atom is -0.347 e. The van der Waals surface area contributed by atoms with Crippen LogP contribution in [-0.2, 0) is 9.59 Å². The summed E-state index contributed by atoms with van der Waals surface area (Å²) in [5.74, 6) is -1.15. The SMILES string of the molecule is CN(C)CCNC(=O)C(=O)Nc1ccc(Cl)cn1. The van der Waals surface area contributed by atoms with Gasteiger partial charge in [-0.2, -0.15) is 0 Å². The molecule has 1 rings (SSSR count). The molecule has 18 heavy (non-hydrogen) atoms. The smallest absolute Gasteiger partial charge is 0.314 e. The molecular formula is C11H15ClN4O2. The maximum Gasteiger partial charge on any atom is 0.314 e. The Labute approximate surface area is 110 Å². The van der Waals surface area contributed by atoms with Gasteiger partial charge in [0, 0.05) is 19.3 Å². The zero-order chi connectivity index (χ0) is 13.5. The van der Waals surface area contributed by atoms with E-state index in [1.165, 1.54) is 12.3 Å². The normalized spacial score (nSPS) is 10.2. The standard InChI is InChI=1S/C11H15ClN4O2/c1-16(2)6-5-13-10(17)11(18)15-9-4-3-8(12)7-14-9/h3-4,7H,5-6H2,1-2H3,(H,13,17)(H,14,15,18). The molecule has 7 heteroatoms.